The third-order valence-corrected chi connectivity index (χ3v) is 4.79. The zero-order valence-electron chi connectivity index (χ0n) is 10.6. The van der Waals surface area contributed by atoms with Gasteiger partial charge in [-0.05, 0) is 36.1 Å². The van der Waals surface area contributed by atoms with Crippen molar-refractivity contribution >= 4 is 11.8 Å². The van der Waals surface area contributed by atoms with Crippen molar-refractivity contribution in [1.82, 2.24) is 5.32 Å². The van der Waals surface area contributed by atoms with Gasteiger partial charge >= 0.3 is 0 Å². The molecule has 0 spiro atoms. The lowest BCUT2D eigenvalue weighted by atomic mass is 9.92. The Morgan fingerprint density at radius 3 is 2.75 bits per heavy atom. The Morgan fingerprint density at radius 2 is 2.12 bits per heavy atom. The SMILES string of the molecule is CNC1c2cc(C(C)C)ccc2SCC1C. The molecule has 0 saturated heterocycles. The summed E-state index contributed by atoms with van der Waals surface area (Å²) < 4.78 is 0. The van der Waals surface area contributed by atoms with E-state index < -0.39 is 0 Å². The molecule has 2 unspecified atom stereocenters. The second-order valence-electron chi connectivity index (χ2n) is 5.01. The van der Waals surface area contributed by atoms with Gasteiger partial charge in [-0.1, -0.05) is 32.9 Å². The summed E-state index contributed by atoms with van der Waals surface area (Å²) in [4.78, 5) is 1.46. The second kappa shape index (κ2) is 4.80. The minimum atomic E-state index is 0.523. The lowest BCUT2D eigenvalue weighted by Crippen LogP contribution is -2.28. The standard InChI is InChI=1S/C14H21NS/c1-9(2)11-5-6-13-12(7-11)14(15-4)10(3)8-16-13/h5-7,9-10,14-15H,8H2,1-4H3. The molecule has 1 nitrogen and oxygen atoms in total. The summed E-state index contributed by atoms with van der Waals surface area (Å²) in [5.41, 5.74) is 2.95. The van der Waals surface area contributed by atoms with E-state index in [0.29, 0.717) is 17.9 Å². The first-order valence-corrected chi connectivity index (χ1v) is 7.06. The van der Waals surface area contributed by atoms with Crippen LogP contribution in [0.25, 0.3) is 0 Å². The number of thioether (sulfide) groups is 1. The van der Waals surface area contributed by atoms with Crippen LogP contribution in [0.1, 0.15) is 43.9 Å². The molecule has 1 aromatic carbocycles. The van der Waals surface area contributed by atoms with E-state index in [4.69, 9.17) is 0 Å². The van der Waals surface area contributed by atoms with Gasteiger partial charge in [0.2, 0.25) is 0 Å². The normalized spacial score (nSPS) is 24.6. The molecule has 0 saturated carbocycles. The van der Waals surface area contributed by atoms with E-state index in [0.717, 1.165) is 0 Å². The van der Waals surface area contributed by atoms with Gasteiger partial charge in [-0.25, -0.2) is 0 Å². The lowest BCUT2D eigenvalue weighted by Gasteiger charge is -2.31. The smallest absolute Gasteiger partial charge is 0.0362 e. The van der Waals surface area contributed by atoms with Gasteiger partial charge in [-0.2, -0.15) is 0 Å². The summed E-state index contributed by atoms with van der Waals surface area (Å²) in [5.74, 6) is 2.55. The summed E-state index contributed by atoms with van der Waals surface area (Å²) >= 11 is 2.00. The topological polar surface area (TPSA) is 12.0 Å². The average Bonchev–Trinajstić information content (AvgIpc) is 2.28. The summed E-state index contributed by atoms with van der Waals surface area (Å²) in [6.45, 7) is 6.85. The van der Waals surface area contributed by atoms with Gasteiger partial charge in [-0.15, -0.1) is 11.8 Å². The van der Waals surface area contributed by atoms with Crippen molar-refractivity contribution < 1.29 is 0 Å². The number of rotatable bonds is 2. The van der Waals surface area contributed by atoms with Gasteiger partial charge in [0.1, 0.15) is 0 Å². The summed E-state index contributed by atoms with van der Waals surface area (Å²) in [6, 6.07) is 7.49. The van der Waals surface area contributed by atoms with E-state index >= 15 is 0 Å². The second-order valence-corrected chi connectivity index (χ2v) is 6.07. The molecule has 88 valence electrons. The predicted molar refractivity (Wildman–Crippen MR) is 72.2 cm³/mol. The largest absolute Gasteiger partial charge is 0.313 e. The summed E-state index contributed by atoms with van der Waals surface area (Å²) in [5, 5.41) is 3.46. The summed E-state index contributed by atoms with van der Waals surface area (Å²) in [6.07, 6.45) is 0. The zero-order valence-corrected chi connectivity index (χ0v) is 11.4. The number of benzene rings is 1. The first-order valence-electron chi connectivity index (χ1n) is 6.07. The molecule has 1 aliphatic heterocycles. The van der Waals surface area contributed by atoms with Gasteiger partial charge in [0, 0.05) is 16.7 Å². The molecule has 0 aromatic heterocycles. The van der Waals surface area contributed by atoms with Crippen LogP contribution in [0, 0.1) is 5.92 Å². The molecule has 0 bridgehead atoms. The minimum absolute atomic E-state index is 0.523. The van der Waals surface area contributed by atoms with E-state index in [2.05, 4.69) is 51.3 Å². The fourth-order valence-electron chi connectivity index (χ4n) is 2.36. The maximum atomic E-state index is 3.46. The molecule has 0 aliphatic carbocycles. The minimum Gasteiger partial charge on any atom is -0.313 e. The molecule has 1 N–H and O–H groups in total. The molecular formula is C14H21NS. The van der Waals surface area contributed by atoms with Crippen molar-refractivity contribution in [2.24, 2.45) is 5.92 Å². The number of fused-ring (bicyclic) bond motifs is 1. The number of nitrogens with one attached hydrogen (secondary N) is 1. The van der Waals surface area contributed by atoms with Crippen molar-refractivity contribution in [2.45, 2.75) is 37.6 Å². The van der Waals surface area contributed by atoms with Crippen LogP contribution < -0.4 is 5.32 Å². The molecule has 0 radical (unpaired) electrons. The zero-order chi connectivity index (χ0) is 11.7. The Balaban J connectivity index is 2.42. The Kier molecular flexibility index (Phi) is 3.60. The maximum absolute atomic E-state index is 3.46. The van der Waals surface area contributed by atoms with E-state index in [1.807, 2.05) is 11.8 Å². The molecule has 0 fully saturated rings. The molecule has 0 amide bonds. The lowest BCUT2D eigenvalue weighted by molar-refractivity contribution is 0.436. The van der Waals surface area contributed by atoms with Crippen molar-refractivity contribution in [2.75, 3.05) is 12.8 Å². The van der Waals surface area contributed by atoms with Gasteiger partial charge in [0.15, 0.2) is 0 Å². The quantitative estimate of drug-likeness (QED) is 0.836. The van der Waals surface area contributed by atoms with Crippen LogP contribution in [0.15, 0.2) is 23.1 Å². The van der Waals surface area contributed by atoms with Gasteiger partial charge in [-0.3, -0.25) is 0 Å². The Labute approximate surface area is 103 Å². The first-order chi connectivity index (χ1) is 7.63. The van der Waals surface area contributed by atoms with Crippen LogP contribution in [0.4, 0.5) is 0 Å². The van der Waals surface area contributed by atoms with Crippen LogP contribution in [-0.2, 0) is 0 Å². The molecular weight excluding hydrogens is 214 g/mol. The first kappa shape index (κ1) is 12.0. The van der Waals surface area contributed by atoms with Gasteiger partial charge in [0.05, 0.1) is 0 Å². The molecule has 1 aliphatic rings. The Hall–Kier alpha value is -0.470. The van der Waals surface area contributed by atoms with Crippen LogP contribution in [0.5, 0.6) is 0 Å². The highest BCUT2D eigenvalue weighted by atomic mass is 32.2. The Morgan fingerprint density at radius 1 is 1.38 bits per heavy atom. The van der Waals surface area contributed by atoms with Crippen molar-refractivity contribution in [3.8, 4) is 0 Å². The molecule has 1 heterocycles. The highest BCUT2D eigenvalue weighted by Crippen LogP contribution is 2.40. The fraction of sp³-hybridized carbons (Fsp3) is 0.571. The molecule has 2 heteroatoms. The third kappa shape index (κ3) is 2.14. The fourth-order valence-corrected chi connectivity index (χ4v) is 3.52. The van der Waals surface area contributed by atoms with Crippen molar-refractivity contribution in [1.29, 1.82) is 0 Å². The maximum Gasteiger partial charge on any atom is 0.0362 e. The van der Waals surface area contributed by atoms with Gasteiger partial charge < -0.3 is 5.32 Å². The third-order valence-electron chi connectivity index (χ3n) is 3.42. The van der Waals surface area contributed by atoms with Crippen molar-refractivity contribution in [3.05, 3.63) is 29.3 Å². The Bertz CT molecular complexity index is 373. The highest BCUT2D eigenvalue weighted by molar-refractivity contribution is 7.99. The highest BCUT2D eigenvalue weighted by Gasteiger charge is 2.26. The average molecular weight is 235 g/mol. The molecule has 16 heavy (non-hydrogen) atoms. The van der Waals surface area contributed by atoms with E-state index in [-0.39, 0.29) is 0 Å². The van der Waals surface area contributed by atoms with Crippen LogP contribution in [0.2, 0.25) is 0 Å². The van der Waals surface area contributed by atoms with Crippen LogP contribution in [0.3, 0.4) is 0 Å². The van der Waals surface area contributed by atoms with E-state index in [9.17, 15) is 0 Å². The van der Waals surface area contributed by atoms with Crippen molar-refractivity contribution in [3.63, 3.8) is 0 Å². The van der Waals surface area contributed by atoms with E-state index in [1.165, 1.54) is 21.8 Å². The molecule has 1 aromatic rings. The molecule has 2 atom stereocenters. The summed E-state index contributed by atoms with van der Waals surface area (Å²) in [7, 11) is 2.07. The van der Waals surface area contributed by atoms with Gasteiger partial charge in [0.25, 0.3) is 0 Å². The van der Waals surface area contributed by atoms with Crippen LogP contribution in [-0.4, -0.2) is 12.8 Å². The molecule has 2 rings (SSSR count). The monoisotopic (exact) mass is 235 g/mol. The number of hydrogen-bond acceptors (Lipinski definition) is 2. The van der Waals surface area contributed by atoms with E-state index in [1.54, 1.807) is 0 Å². The van der Waals surface area contributed by atoms with Crippen LogP contribution >= 0.6 is 11.8 Å². The predicted octanol–water partition coefficient (Wildman–Crippen LogP) is 3.81. The number of hydrogen-bond donors (Lipinski definition) is 1.